The number of fused-ring (bicyclic) bond motifs is 3. The van der Waals surface area contributed by atoms with E-state index in [2.05, 4.69) is 15.3 Å². The van der Waals surface area contributed by atoms with Crippen LogP contribution in [-0.4, -0.2) is 34.9 Å². The van der Waals surface area contributed by atoms with Gasteiger partial charge < -0.3 is 4.74 Å². The van der Waals surface area contributed by atoms with Crippen LogP contribution in [0, 0.1) is 0 Å². The molecule has 3 aromatic heterocycles. The molecule has 5 rings (SSSR count). The van der Waals surface area contributed by atoms with Crippen LogP contribution in [-0.2, 0) is 29.6 Å². The maximum Gasteiger partial charge on any atom is 0.306 e. The first kappa shape index (κ1) is 19.7. The Labute approximate surface area is 182 Å². The van der Waals surface area contributed by atoms with E-state index in [9.17, 15) is 9.59 Å². The number of ether oxygens (including phenoxy) is 1. The van der Waals surface area contributed by atoms with Gasteiger partial charge in [-0.05, 0) is 36.2 Å². The number of benzene rings is 2. The van der Waals surface area contributed by atoms with E-state index in [0.29, 0.717) is 28.9 Å². The minimum Gasteiger partial charge on any atom is -0.457 e. The molecule has 2 aromatic carbocycles. The molecule has 0 aliphatic heterocycles. The van der Waals surface area contributed by atoms with Crippen molar-refractivity contribution in [2.24, 2.45) is 7.05 Å². The van der Waals surface area contributed by atoms with Crippen LogP contribution in [0.3, 0.4) is 0 Å². The van der Waals surface area contributed by atoms with Gasteiger partial charge in [-0.25, -0.2) is 4.68 Å². The monoisotopic (exact) mass is 428 g/mol. The molecule has 0 unspecified atom stereocenters. The second-order valence-electron chi connectivity index (χ2n) is 7.42. The number of para-hydroxylation sites is 2. The molecule has 160 valence electrons. The van der Waals surface area contributed by atoms with E-state index in [1.807, 2.05) is 48.7 Å². The van der Waals surface area contributed by atoms with Crippen LogP contribution < -0.4 is 5.56 Å². The van der Waals surface area contributed by atoms with Crippen LogP contribution in [0.15, 0.2) is 71.8 Å². The van der Waals surface area contributed by atoms with Gasteiger partial charge in [0.15, 0.2) is 12.4 Å². The minimum atomic E-state index is -0.344. The van der Waals surface area contributed by atoms with Crippen molar-refractivity contribution in [2.75, 3.05) is 0 Å². The van der Waals surface area contributed by atoms with Gasteiger partial charge in [-0.15, -0.1) is 10.2 Å². The lowest BCUT2D eigenvalue weighted by molar-refractivity contribution is -0.145. The Morgan fingerprint density at radius 3 is 2.66 bits per heavy atom. The Morgan fingerprint density at radius 1 is 1.03 bits per heavy atom. The molecule has 0 saturated heterocycles. The summed E-state index contributed by atoms with van der Waals surface area (Å²) < 4.78 is 10.4. The van der Waals surface area contributed by atoms with E-state index in [1.54, 1.807) is 34.5 Å². The summed E-state index contributed by atoms with van der Waals surface area (Å²) in [4.78, 5) is 24.9. The fourth-order valence-electron chi connectivity index (χ4n) is 3.66. The summed E-state index contributed by atoms with van der Waals surface area (Å²) in [5.74, 6) is 0.508. The zero-order valence-electron chi connectivity index (χ0n) is 17.4. The lowest BCUT2D eigenvalue weighted by Gasteiger charge is -2.08. The summed E-state index contributed by atoms with van der Waals surface area (Å²) in [6, 6.07) is 17.0. The number of nitrogens with zero attached hydrogens (tertiary/aromatic N) is 6. The molecule has 0 saturated carbocycles. The summed E-state index contributed by atoms with van der Waals surface area (Å²) in [5, 5.41) is 13.1. The van der Waals surface area contributed by atoms with Crippen LogP contribution in [0.2, 0.25) is 0 Å². The van der Waals surface area contributed by atoms with Gasteiger partial charge in [-0.3, -0.25) is 18.6 Å². The normalized spacial score (nSPS) is 11.3. The van der Waals surface area contributed by atoms with Gasteiger partial charge in [0.25, 0.3) is 5.56 Å². The van der Waals surface area contributed by atoms with E-state index in [-0.39, 0.29) is 24.6 Å². The SMILES string of the molecule is Cn1c(=O)c2ccccc2n2c(COC(=O)CCc3cnn(-c4ccccc4)c3)nnc12. The Hall–Kier alpha value is -4.27. The quantitative estimate of drug-likeness (QED) is 0.386. The predicted octanol–water partition coefficient (Wildman–Crippen LogP) is 2.44. The molecule has 0 aliphatic rings. The van der Waals surface area contributed by atoms with Crippen LogP contribution in [0.4, 0.5) is 0 Å². The Morgan fingerprint density at radius 2 is 1.81 bits per heavy atom. The molecule has 0 bridgehead atoms. The number of esters is 1. The number of hydrogen-bond donors (Lipinski definition) is 0. The van der Waals surface area contributed by atoms with Gasteiger partial charge in [0.05, 0.1) is 22.8 Å². The van der Waals surface area contributed by atoms with Crippen molar-refractivity contribution in [2.45, 2.75) is 19.4 Å². The largest absolute Gasteiger partial charge is 0.457 e. The zero-order valence-corrected chi connectivity index (χ0v) is 17.4. The van der Waals surface area contributed by atoms with Crippen LogP contribution >= 0.6 is 0 Å². The molecule has 9 heteroatoms. The lowest BCUT2D eigenvalue weighted by atomic mass is 10.2. The van der Waals surface area contributed by atoms with Crippen molar-refractivity contribution in [1.82, 2.24) is 28.9 Å². The van der Waals surface area contributed by atoms with Crippen LogP contribution in [0.1, 0.15) is 17.8 Å². The molecule has 3 heterocycles. The zero-order chi connectivity index (χ0) is 22.1. The first-order valence-electron chi connectivity index (χ1n) is 10.2. The van der Waals surface area contributed by atoms with Crippen molar-refractivity contribution < 1.29 is 9.53 Å². The van der Waals surface area contributed by atoms with E-state index in [4.69, 9.17) is 4.74 Å². The molecule has 0 aliphatic carbocycles. The molecule has 0 N–H and O–H groups in total. The van der Waals surface area contributed by atoms with E-state index < -0.39 is 0 Å². The average Bonchev–Trinajstić information content (AvgIpc) is 3.48. The molecule has 0 atom stereocenters. The predicted molar refractivity (Wildman–Crippen MR) is 117 cm³/mol. The van der Waals surface area contributed by atoms with Crippen LogP contribution in [0.5, 0.6) is 0 Å². The molecule has 0 radical (unpaired) electrons. The summed E-state index contributed by atoms with van der Waals surface area (Å²) >= 11 is 0. The van der Waals surface area contributed by atoms with Gasteiger partial charge in [0.2, 0.25) is 5.78 Å². The van der Waals surface area contributed by atoms with E-state index >= 15 is 0 Å². The molecule has 32 heavy (non-hydrogen) atoms. The molecular formula is C23H20N6O3. The Kier molecular flexibility index (Phi) is 4.98. The minimum absolute atomic E-state index is 0.0362. The smallest absolute Gasteiger partial charge is 0.306 e. The third-order valence-corrected chi connectivity index (χ3v) is 5.33. The highest BCUT2D eigenvalue weighted by molar-refractivity contribution is 5.80. The van der Waals surface area contributed by atoms with Crippen molar-refractivity contribution in [3.8, 4) is 5.69 Å². The second-order valence-corrected chi connectivity index (χ2v) is 7.42. The van der Waals surface area contributed by atoms with Gasteiger partial charge >= 0.3 is 5.97 Å². The summed E-state index contributed by atoms with van der Waals surface area (Å²) in [6.07, 6.45) is 4.39. The van der Waals surface area contributed by atoms with Gasteiger partial charge in [0.1, 0.15) is 0 Å². The maximum absolute atomic E-state index is 12.5. The number of carbonyl (C=O) groups is 1. The van der Waals surface area contributed by atoms with E-state index in [0.717, 1.165) is 11.3 Å². The highest BCUT2D eigenvalue weighted by atomic mass is 16.5. The van der Waals surface area contributed by atoms with Crippen molar-refractivity contribution in [3.63, 3.8) is 0 Å². The topological polar surface area (TPSA) is 96.3 Å². The fourth-order valence-corrected chi connectivity index (χ4v) is 3.66. The second kappa shape index (κ2) is 8.10. The molecule has 9 nitrogen and oxygen atoms in total. The van der Waals surface area contributed by atoms with Gasteiger partial charge in [-0.1, -0.05) is 30.3 Å². The highest BCUT2D eigenvalue weighted by Crippen LogP contribution is 2.15. The summed E-state index contributed by atoms with van der Waals surface area (Å²) in [6.45, 7) is -0.0362. The molecule has 5 aromatic rings. The van der Waals surface area contributed by atoms with Gasteiger partial charge in [0, 0.05) is 19.7 Å². The third kappa shape index (κ3) is 3.53. The Bertz CT molecular complexity index is 1480. The standard InChI is InChI=1S/C23H20N6O3/c1-27-22(31)18-9-5-6-10-19(18)29-20(25-26-23(27)29)15-32-21(30)12-11-16-13-24-28(14-16)17-7-3-2-4-8-17/h2-10,13-14H,11-12,15H2,1H3. The number of hydrogen-bond acceptors (Lipinski definition) is 6. The first-order chi connectivity index (χ1) is 15.6. The molecule has 0 spiro atoms. The summed E-state index contributed by atoms with van der Waals surface area (Å²) in [5.41, 5.74) is 2.43. The first-order valence-corrected chi connectivity index (χ1v) is 10.2. The molecular weight excluding hydrogens is 408 g/mol. The molecule has 0 fully saturated rings. The van der Waals surface area contributed by atoms with Gasteiger partial charge in [-0.2, -0.15) is 5.10 Å². The lowest BCUT2D eigenvalue weighted by Crippen LogP contribution is -2.20. The van der Waals surface area contributed by atoms with Crippen molar-refractivity contribution in [1.29, 1.82) is 0 Å². The van der Waals surface area contributed by atoms with Crippen molar-refractivity contribution >= 4 is 22.6 Å². The highest BCUT2D eigenvalue weighted by Gasteiger charge is 2.16. The van der Waals surface area contributed by atoms with E-state index in [1.165, 1.54) is 4.57 Å². The Balaban J connectivity index is 1.28. The van der Waals surface area contributed by atoms with Crippen molar-refractivity contribution in [3.05, 3.63) is 88.7 Å². The number of carbonyl (C=O) groups excluding carboxylic acids is 1. The van der Waals surface area contributed by atoms with Crippen LogP contribution in [0.25, 0.3) is 22.4 Å². The maximum atomic E-state index is 12.5. The number of rotatable bonds is 6. The third-order valence-electron chi connectivity index (χ3n) is 5.33. The molecule has 0 amide bonds. The number of aromatic nitrogens is 6. The fraction of sp³-hybridized carbons (Fsp3) is 0.174. The average molecular weight is 428 g/mol. The number of aryl methyl sites for hydroxylation is 2. The summed E-state index contributed by atoms with van der Waals surface area (Å²) in [7, 11) is 1.64.